The van der Waals surface area contributed by atoms with Gasteiger partial charge in [0.1, 0.15) is 6.04 Å². The zero-order chi connectivity index (χ0) is 17.8. The van der Waals surface area contributed by atoms with Gasteiger partial charge in [-0.15, -0.1) is 11.3 Å². The fraction of sp³-hybridized carbons (Fsp3) is 0.278. The molecule has 0 spiro atoms. The van der Waals surface area contributed by atoms with Crippen LogP contribution in [-0.2, 0) is 4.79 Å². The normalized spacial score (nSPS) is 14.4. The summed E-state index contributed by atoms with van der Waals surface area (Å²) in [7, 11) is 0. The quantitative estimate of drug-likeness (QED) is 0.742. The van der Waals surface area contributed by atoms with Gasteiger partial charge in [0, 0.05) is 17.3 Å². The highest BCUT2D eigenvalue weighted by atomic mass is 32.1. The van der Waals surface area contributed by atoms with Crippen LogP contribution in [0.5, 0.6) is 0 Å². The van der Waals surface area contributed by atoms with E-state index in [0.29, 0.717) is 22.2 Å². The Labute approximate surface area is 149 Å². The predicted molar refractivity (Wildman–Crippen MR) is 96.8 cm³/mol. The Balaban J connectivity index is 1.53. The monoisotopic (exact) mass is 357 g/mol. The average molecular weight is 357 g/mol. The third-order valence-electron chi connectivity index (χ3n) is 3.81. The van der Waals surface area contributed by atoms with E-state index in [2.05, 4.69) is 16.0 Å². The second-order valence-corrected chi connectivity index (χ2v) is 6.93. The van der Waals surface area contributed by atoms with Gasteiger partial charge in [-0.05, 0) is 55.5 Å². The number of anilines is 1. The highest BCUT2D eigenvalue weighted by Crippen LogP contribution is 2.19. The number of amides is 3. The summed E-state index contributed by atoms with van der Waals surface area (Å²) >= 11 is 1.32. The molecule has 1 unspecified atom stereocenters. The Morgan fingerprint density at radius 3 is 2.40 bits per heavy atom. The van der Waals surface area contributed by atoms with Gasteiger partial charge in [0.25, 0.3) is 11.8 Å². The van der Waals surface area contributed by atoms with Gasteiger partial charge in [-0.3, -0.25) is 14.4 Å². The second kappa shape index (κ2) is 7.48. The van der Waals surface area contributed by atoms with E-state index < -0.39 is 6.04 Å². The number of carbonyl (C=O) groups excluding carboxylic acids is 3. The van der Waals surface area contributed by atoms with Gasteiger partial charge in [-0.1, -0.05) is 6.07 Å². The lowest BCUT2D eigenvalue weighted by Crippen LogP contribution is -2.41. The van der Waals surface area contributed by atoms with Crippen LogP contribution in [0.2, 0.25) is 0 Å². The molecule has 1 aromatic heterocycles. The second-order valence-electron chi connectivity index (χ2n) is 5.99. The van der Waals surface area contributed by atoms with Crippen molar-refractivity contribution < 1.29 is 14.4 Å². The maximum Gasteiger partial charge on any atom is 0.261 e. The number of hydrogen-bond donors (Lipinski definition) is 3. The summed E-state index contributed by atoms with van der Waals surface area (Å²) in [6.07, 6.45) is 2.07. The molecule has 1 saturated carbocycles. The van der Waals surface area contributed by atoms with E-state index in [0.717, 1.165) is 12.8 Å². The summed E-state index contributed by atoms with van der Waals surface area (Å²) in [4.78, 5) is 36.6. The van der Waals surface area contributed by atoms with Crippen molar-refractivity contribution in [3.05, 3.63) is 52.2 Å². The van der Waals surface area contributed by atoms with Crippen LogP contribution >= 0.6 is 11.3 Å². The molecule has 1 heterocycles. The molecule has 2 aromatic rings. The molecule has 25 heavy (non-hydrogen) atoms. The number of nitrogens with one attached hydrogen (secondary N) is 3. The molecular weight excluding hydrogens is 338 g/mol. The molecule has 0 radical (unpaired) electrons. The van der Waals surface area contributed by atoms with Crippen LogP contribution in [0.3, 0.4) is 0 Å². The zero-order valence-corrected chi connectivity index (χ0v) is 14.6. The predicted octanol–water partition coefficient (Wildman–Crippen LogP) is 2.40. The van der Waals surface area contributed by atoms with Gasteiger partial charge in [0.15, 0.2) is 0 Å². The standard InChI is InChI=1S/C18H19N3O3S/c1-11(19-18(24)15-3-2-10-25-15)16(22)20-13-6-4-12(5-7-13)17(23)21-14-8-9-14/h2-7,10-11,14H,8-9H2,1H3,(H,19,24)(H,20,22)(H,21,23). The largest absolute Gasteiger partial charge is 0.349 e. The Bertz CT molecular complexity index is 767. The van der Waals surface area contributed by atoms with Crippen molar-refractivity contribution in [1.82, 2.24) is 10.6 Å². The Morgan fingerprint density at radius 2 is 1.80 bits per heavy atom. The van der Waals surface area contributed by atoms with Crippen LogP contribution in [0, 0.1) is 0 Å². The Kier molecular flexibility index (Phi) is 5.14. The first-order valence-corrected chi connectivity index (χ1v) is 8.97. The minimum Gasteiger partial charge on any atom is -0.349 e. The lowest BCUT2D eigenvalue weighted by atomic mass is 10.2. The first kappa shape index (κ1) is 17.2. The molecular formula is C18H19N3O3S. The summed E-state index contributed by atoms with van der Waals surface area (Å²) in [6.45, 7) is 1.62. The first-order valence-electron chi connectivity index (χ1n) is 8.09. The SMILES string of the molecule is CC(NC(=O)c1cccs1)C(=O)Nc1ccc(C(=O)NC2CC2)cc1. The summed E-state index contributed by atoms with van der Waals surface area (Å²) in [5.74, 6) is -0.693. The van der Waals surface area contributed by atoms with E-state index in [4.69, 9.17) is 0 Å². The maximum atomic E-state index is 12.2. The van der Waals surface area contributed by atoms with E-state index in [1.54, 1.807) is 48.7 Å². The van der Waals surface area contributed by atoms with Gasteiger partial charge in [-0.2, -0.15) is 0 Å². The Morgan fingerprint density at radius 1 is 1.08 bits per heavy atom. The fourth-order valence-electron chi connectivity index (χ4n) is 2.19. The van der Waals surface area contributed by atoms with Gasteiger partial charge in [0.05, 0.1) is 4.88 Å². The number of carbonyl (C=O) groups is 3. The summed E-state index contributed by atoms with van der Waals surface area (Å²) < 4.78 is 0. The van der Waals surface area contributed by atoms with Crippen molar-refractivity contribution in [3.8, 4) is 0 Å². The van der Waals surface area contributed by atoms with Crippen LogP contribution in [0.25, 0.3) is 0 Å². The molecule has 1 aliphatic carbocycles. The molecule has 0 saturated heterocycles. The van der Waals surface area contributed by atoms with Crippen molar-refractivity contribution in [2.75, 3.05) is 5.32 Å². The van der Waals surface area contributed by atoms with E-state index in [9.17, 15) is 14.4 Å². The Hall–Kier alpha value is -2.67. The number of hydrogen-bond acceptors (Lipinski definition) is 4. The van der Waals surface area contributed by atoms with Crippen molar-refractivity contribution in [3.63, 3.8) is 0 Å². The van der Waals surface area contributed by atoms with Gasteiger partial charge in [-0.25, -0.2) is 0 Å². The topological polar surface area (TPSA) is 87.3 Å². The van der Waals surface area contributed by atoms with Crippen molar-refractivity contribution in [1.29, 1.82) is 0 Å². The van der Waals surface area contributed by atoms with Gasteiger partial charge < -0.3 is 16.0 Å². The van der Waals surface area contributed by atoms with Crippen LogP contribution in [0.15, 0.2) is 41.8 Å². The minimum atomic E-state index is -0.674. The molecule has 1 aromatic carbocycles. The molecule has 0 aliphatic heterocycles. The smallest absolute Gasteiger partial charge is 0.261 e. The van der Waals surface area contributed by atoms with E-state index >= 15 is 0 Å². The molecule has 1 atom stereocenters. The third kappa shape index (κ3) is 4.67. The third-order valence-corrected chi connectivity index (χ3v) is 4.68. The number of benzene rings is 1. The minimum absolute atomic E-state index is 0.100. The van der Waals surface area contributed by atoms with Gasteiger partial charge in [0.2, 0.25) is 5.91 Å². The van der Waals surface area contributed by atoms with E-state index in [1.807, 2.05) is 0 Å². The molecule has 1 fully saturated rings. The van der Waals surface area contributed by atoms with Crippen LogP contribution in [0.1, 0.15) is 39.8 Å². The van der Waals surface area contributed by atoms with E-state index in [1.165, 1.54) is 11.3 Å². The van der Waals surface area contributed by atoms with Crippen LogP contribution in [0.4, 0.5) is 5.69 Å². The lowest BCUT2D eigenvalue weighted by Gasteiger charge is -2.14. The highest BCUT2D eigenvalue weighted by Gasteiger charge is 2.23. The first-order chi connectivity index (χ1) is 12.0. The van der Waals surface area contributed by atoms with E-state index in [-0.39, 0.29) is 17.7 Å². The van der Waals surface area contributed by atoms with Crippen molar-refractivity contribution in [2.45, 2.75) is 31.8 Å². The molecule has 3 rings (SSSR count). The molecule has 3 amide bonds. The van der Waals surface area contributed by atoms with Crippen molar-refractivity contribution >= 4 is 34.7 Å². The summed E-state index contributed by atoms with van der Waals surface area (Å²) in [5.41, 5.74) is 1.13. The number of rotatable bonds is 6. The summed E-state index contributed by atoms with van der Waals surface area (Å²) in [5, 5.41) is 10.1. The molecule has 6 nitrogen and oxygen atoms in total. The molecule has 7 heteroatoms. The molecule has 3 N–H and O–H groups in total. The lowest BCUT2D eigenvalue weighted by molar-refractivity contribution is -0.117. The van der Waals surface area contributed by atoms with Crippen LogP contribution in [-0.4, -0.2) is 29.8 Å². The molecule has 1 aliphatic rings. The fourth-order valence-corrected chi connectivity index (χ4v) is 2.82. The maximum absolute atomic E-state index is 12.2. The number of thiophene rings is 1. The average Bonchev–Trinajstić information content (AvgIpc) is 3.24. The molecule has 0 bridgehead atoms. The molecule has 130 valence electrons. The summed E-state index contributed by atoms with van der Waals surface area (Å²) in [6, 6.07) is 9.80. The zero-order valence-electron chi connectivity index (χ0n) is 13.7. The van der Waals surface area contributed by atoms with Crippen molar-refractivity contribution in [2.24, 2.45) is 0 Å². The van der Waals surface area contributed by atoms with Gasteiger partial charge >= 0.3 is 0 Å². The highest BCUT2D eigenvalue weighted by molar-refractivity contribution is 7.12. The van der Waals surface area contributed by atoms with Crippen LogP contribution < -0.4 is 16.0 Å².